The number of halogens is 3. The number of alkyl halides is 3. The fourth-order valence-electron chi connectivity index (χ4n) is 2.46. The molecule has 0 fully saturated rings. The number of hydrogen-bond donors (Lipinski definition) is 1. The van der Waals surface area contributed by atoms with Crippen molar-refractivity contribution in [2.24, 2.45) is 0 Å². The van der Waals surface area contributed by atoms with Crippen LogP contribution >= 0.6 is 11.3 Å². The molecule has 1 aromatic carbocycles. The van der Waals surface area contributed by atoms with Crippen LogP contribution in [0.5, 0.6) is 5.75 Å². The third-order valence-corrected chi connectivity index (χ3v) is 4.88. The van der Waals surface area contributed by atoms with E-state index < -0.39 is 24.4 Å². The van der Waals surface area contributed by atoms with Gasteiger partial charge >= 0.3 is 12.3 Å². The quantitative estimate of drug-likeness (QED) is 0.529. The smallest absolute Gasteiger partial charge is 0.410 e. The largest absolute Gasteiger partial charge is 0.494 e. The number of amides is 1. The van der Waals surface area contributed by atoms with Gasteiger partial charge in [-0.25, -0.2) is 9.78 Å². The molecule has 0 saturated carbocycles. The predicted molar refractivity (Wildman–Crippen MR) is 114 cm³/mol. The Balaban J connectivity index is 1.80. The van der Waals surface area contributed by atoms with E-state index in [1.807, 2.05) is 32.9 Å². The van der Waals surface area contributed by atoms with Crippen molar-refractivity contribution < 1.29 is 27.4 Å². The molecule has 0 atom stereocenters. The number of aromatic nitrogens is 1. The third kappa shape index (κ3) is 9.56. The number of rotatable bonds is 9. The first kappa shape index (κ1) is 24.9. The summed E-state index contributed by atoms with van der Waals surface area (Å²) >= 11 is 1.48. The summed E-state index contributed by atoms with van der Waals surface area (Å²) in [6.45, 7) is 5.42. The summed E-state index contributed by atoms with van der Waals surface area (Å²) in [6.07, 6.45) is -2.38. The molecular weight excluding hydrogens is 431 g/mol. The summed E-state index contributed by atoms with van der Waals surface area (Å²) in [5.74, 6) is 0.640. The molecule has 0 aliphatic heterocycles. The van der Waals surface area contributed by atoms with Crippen LogP contribution < -0.4 is 10.1 Å². The standard InChI is InChI=1S/C21H28F3N3O3S/c1-20(2,3)30-19(28)27(4)13-17-12-26-18(31-17)15-6-8-16(9-7-15)29-11-5-10-25-14-21(22,23)24/h6-9,12,25H,5,10-11,13-14H2,1-4H3. The van der Waals surface area contributed by atoms with Gasteiger partial charge in [0, 0.05) is 23.7 Å². The van der Waals surface area contributed by atoms with E-state index in [0.29, 0.717) is 25.3 Å². The third-order valence-electron chi connectivity index (χ3n) is 3.85. The van der Waals surface area contributed by atoms with Crippen LogP contribution in [0.1, 0.15) is 32.1 Å². The number of nitrogens with one attached hydrogen (secondary N) is 1. The Labute approximate surface area is 184 Å². The second kappa shape index (κ2) is 10.8. The van der Waals surface area contributed by atoms with Crippen molar-refractivity contribution in [2.75, 3.05) is 26.7 Å². The number of nitrogens with zero attached hydrogens (tertiary/aromatic N) is 2. The van der Waals surface area contributed by atoms with Crippen LogP contribution in [-0.2, 0) is 11.3 Å². The summed E-state index contributed by atoms with van der Waals surface area (Å²) < 4.78 is 47.0. The second-order valence-electron chi connectivity index (χ2n) is 7.99. The minimum atomic E-state index is -4.20. The van der Waals surface area contributed by atoms with Gasteiger partial charge in [0.05, 0.1) is 19.7 Å². The number of carbonyl (C=O) groups excluding carboxylic acids is 1. The van der Waals surface area contributed by atoms with Gasteiger partial charge < -0.3 is 19.7 Å². The molecule has 0 radical (unpaired) electrons. The van der Waals surface area contributed by atoms with Gasteiger partial charge in [0.2, 0.25) is 0 Å². The molecular formula is C21H28F3N3O3S. The molecule has 2 aromatic rings. The lowest BCUT2D eigenvalue weighted by Gasteiger charge is -2.24. The highest BCUT2D eigenvalue weighted by Crippen LogP contribution is 2.27. The Kier molecular flexibility index (Phi) is 8.69. The number of ether oxygens (including phenoxy) is 2. The zero-order valence-electron chi connectivity index (χ0n) is 18.1. The van der Waals surface area contributed by atoms with Gasteiger partial charge in [-0.2, -0.15) is 13.2 Å². The zero-order chi connectivity index (χ0) is 23.1. The molecule has 172 valence electrons. The van der Waals surface area contributed by atoms with Crippen LogP contribution in [0.2, 0.25) is 0 Å². The van der Waals surface area contributed by atoms with E-state index in [4.69, 9.17) is 9.47 Å². The number of carbonyl (C=O) groups is 1. The first-order chi connectivity index (χ1) is 14.4. The van der Waals surface area contributed by atoms with Gasteiger partial charge in [-0.05, 0) is 58.0 Å². The maximum Gasteiger partial charge on any atom is 0.410 e. The lowest BCUT2D eigenvalue weighted by Crippen LogP contribution is -2.33. The Morgan fingerprint density at radius 3 is 2.48 bits per heavy atom. The highest BCUT2D eigenvalue weighted by Gasteiger charge is 2.25. The SMILES string of the molecule is CN(Cc1cnc(-c2ccc(OCCCNCC(F)(F)F)cc2)s1)C(=O)OC(C)(C)C. The summed E-state index contributed by atoms with van der Waals surface area (Å²) in [5.41, 5.74) is 0.364. The zero-order valence-corrected chi connectivity index (χ0v) is 18.9. The van der Waals surface area contributed by atoms with Crippen LogP contribution in [0.4, 0.5) is 18.0 Å². The summed E-state index contributed by atoms with van der Waals surface area (Å²) in [7, 11) is 1.68. The van der Waals surface area contributed by atoms with Gasteiger partial charge in [-0.1, -0.05) is 0 Å². The van der Waals surface area contributed by atoms with E-state index in [1.54, 1.807) is 25.4 Å². The van der Waals surface area contributed by atoms with Crippen LogP contribution in [0, 0.1) is 0 Å². The van der Waals surface area contributed by atoms with E-state index in [0.717, 1.165) is 15.4 Å². The molecule has 0 bridgehead atoms. The molecule has 10 heteroatoms. The molecule has 0 spiro atoms. The van der Waals surface area contributed by atoms with Gasteiger partial charge in [0.15, 0.2) is 0 Å². The molecule has 1 amide bonds. The van der Waals surface area contributed by atoms with E-state index in [9.17, 15) is 18.0 Å². The second-order valence-corrected chi connectivity index (χ2v) is 9.10. The average molecular weight is 460 g/mol. The Morgan fingerprint density at radius 1 is 1.19 bits per heavy atom. The minimum absolute atomic E-state index is 0.233. The van der Waals surface area contributed by atoms with Crippen molar-refractivity contribution in [2.45, 2.75) is 45.5 Å². The van der Waals surface area contributed by atoms with Crippen molar-refractivity contribution in [1.82, 2.24) is 15.2 Å². The molecule has 6 nitrogen and oxygen atoms in total. The molecule has 1 N–H and O–H groups in total. The Hall–Kier alpha value is -2.33. The predicted octanol–water partition coefficient (Wildman–Crippen LogP) is 5.10. The van der Waals surface area contributed by atoms with Crippen molar-refractivity contribution in [1.29, 1.82) is 0 Å². The van der Waals surface area contributed by atoms with Gasteiger partial charge in [-0.15, -0.1) is 11.3 Å². The molecule has 1 aromatic heterocycles. The molecule has 0 unspecified atom stereocenters. The van der Waals surface area contributed by atoms with Crippen molar-refractivity contribution in [3.05, 3.63) is 35.3 Å². The number of benzene rings is 1. The van der Waals surface area contributed by atoms with Gasteiger partial charge in [0.25, 0.3) is 0 Å². The maximum absolute atomic E-state index is 12.1. The monoisotopic (exact) mass is 459 g/mol. The highest BCUT2D eigenvalue weighted by molar-refractivity contribution is 7.15. The van der Waals surface area contributed by atoms with Gasteiger partial charge in [-0.3, -0.25) is 0 Å². The van der Waals surface area contributed by atoms with E-state index >= 15 is 0 Å². The molecule has 0 saturated heterocycles. The summed E-state index contributed by atoms with van der Waals surface area (Å²) in [5, 5.41) is 3.15. The molecule has 0 aliphatic carbocycles. The summed E-state index contributed by atoms with van der Waals surface area (Å²) in [4.78, 5) is 18.9. The number of hydrogen-bond acceptors (Lipinski definition) is 6. The molecule has 2 rings (SSSR count). The lowest BCUT2D eigenvalue weighted by atomic mass is 10.2. The summed E-state index contributed by atoms with van der Waals surface area (Å²) in [6, 6.07) is 7.34. The van der Waals surface area contributed by atoms with E-state index in [-0.39, 0.29) is 6.54 Å². The Bertz CT molecular complexity index is 833. The van der Waals surface area contributed by atoms with Crippen LogP contribution in [0.3, 0.4) is 0 Å². The Morgan fingerprint density at radius 2 is 1.87 bits per heavy atom. The molecule has 0 aliphatic rings. The van der Waals surface area contributed by atoms with Crippen molar-refractivity contribution in [3.8, 4) is 16.3 Å². The normalized spacial score (nSPS) is 12.0. The first-order valence-corrected chi connectivity index (χ1v) is 10.6. The topological polar surface area (TPSA) is 63.7 Å². The number of thiazole rings is 1. The lowest BCUT2D eigenvalue weighted by molar-refractivity contribution is -0.124. The fourth-order valence-corrected chi connectivity index (χ4v) is 3.43. The van der Waals surface area contributed by atoms with Crippen molar-refractivity contribution in [3.63, 3.8) is 0 Å². The highest BCUT2D eigenvalue weighted by atomic mass is 32.1. The van der Waals surface area contributed by atoms with E-state index in [2.05, 4.69) is 10.3 Å². The van der Waals surface area contributed by atoms with Crippen LogP contribution in [-0.4, -0.2) is 54.5 Å². The van der Waals surface area contributed by atoms with Gasteiger partial charge in [0.1, 0.15) is 16.4 Å². The average Bonchev–Trinajstić information content (AvgIpc) is 3.11. The van der Waals surface area contributed by atoms with Crippen molar-refractivity contribution >= 4 is 17.4 Å². The first-order valence-electron chi connectivity index (χ1n) is 9.82. The maximum atomic E-state index is 12.1. The van der Waals surface area contributed by atoms with Crippen LogP contribution in [0.25, 0.3) is 10.6 Å². The van der Waals surface area contributed by atoms with E-state index in [1.165, 1.54) is 16.2 Å². The molecule has 31 heavy (non-hydrogen) atoms. The fraction of sp³-hybridized carbons (Fsp3) is 0.524. The molecule has 1 heterocycles. The van der Waals surface area contributed by atoms with Crippen LogP contribution in [0.15, 0.2) is 30.5 Å². The minimum Gasteiger partial charge on any atom is -0.494 e.